The molecule has 0 bridgehead atoms. The molecule has 0 spiro atoms. The molecule has 3 rings (SSSR count). The molecule has 7 heteroatoms. The van der Waals surface area contributed by atoms with Crippen LogP contribution in [0.4, 0.5) is 10.5 Å². The number of hydrogen-bond acceptors (Lipinski definition) is 4. The van der Waals surface area contributed by atoms with Gasteiger partial charge in [-0.3, -0.25) is 15.1 Å². The second-order valence-electron chi connectivity index (χ2n) is 6.60. The molecule has 0 fully saturated rings. The van der Waals surface area contributed by atoms with Gasteiger partial charge in [0, 0.05) is 29.1 Å². The van der Waals surface area contributed by atoms with E-state index in [0.29, 0.717) is 22.8 Å². The van der Waals surface area contributed by atoms with E-state index >= 15 is 0 Å². The molecule has 0 saturated carbocycles. The van der Waals surface area contributed by atoms with Crippen LogP contribution in [0.25, 0.3) is 0 Å². The van der Waals surface area contributed by atoms with E-state index in [4.69, 9.17) is 16.3 Å². The van der Waals surface area contributed by atoms with Gasteiger partial charge in [0.1, 0.15) is 6.61 Å². The lowest BCUT2D eigenvalue weighted by molar-refractivity contribution is 0.0950. The standard InChI is InChI=1S/C23H22ClN3O3/c1-2-20-12-7-18(14-25-20)22(28)26-13-16-5-10-21(11-6-16)27-23(29)30-15-17-3-8-19(24)9-4-17/h3-12,14H,2,13,15H2,1H3,(H,26,28)(H,27,29). The fraction of sp³-hybridized carbons (Fsp3) is 0.174. The molecular formula is C23H22ClN3O3. The number of aromatic nitrogens is 1. The lowest BCUT2D eigenvalue weighted by Crippen LogP contribution is -2.23. The number of nitrogens with zero attached hydrogens (tertiary/aromatic N) is 1. The molecule has 0 aliphatic carbocycles. The van der Waals surface area contributed by atoms with E-state index < -0.39 is 6.09 Å². The molecule has 0 radical (unpaired) electrons. The Labute approximate surface area is 180 Å². The number of aryl methyl sites for hydroxylation is 1. The van der Waals surface area contributed by atoms with Gasteiger partial charge in [0.2, 0.25) is 0 Å². The monoisotopic (exact) mass is 423 g/mol. The third-order valence-corrected chi connectivity index (χ3v) is 4.64. The minimum absolute atomic E-state index is 0.154. The van der Waals surface area contributed by atoms with Crippen LogP contribution >= 0.6 is 11.6 Å². The van der Waals surface area contributed by atoms with E-state index in [1.165, 1.54) is 0 Å². The first-order valence-electron chi connectivity index (χ1n) is 9.54. The number of anilines is 1. The van der Waals surface area contributed by atoms with Crippen molar-refractivity contribution in [2.45, 2.75) is 26.5 Å². The molecule has 0 aliphatic heterocycles. The SMILES string of the molecule is CCc1ccc(C(=O)NCc2ccc(NC(=O)OCc3ccc(Cl)cc3)cc2)cn1. The van der Waals surface area contributed by atoms with Crippen LogP contribution in [-0.2, 0) is 24.3 Å². The van der Waals surface area contributed by atoms with E-state index in [1.807, 2.05) is 25.1 Å². The van der Waals surface area contributed by atoms with Gasteiger partial charge < -0.3 is 10.1 Å². The number of amides is 2. The van der Waals surface area contributed by atoms with E-state index in [9.17, 15) is 9.59 Å². The van der Waals surface area contributed by atoms with Crippen LogP contribution in [0, 0.1) is 0 Å². The maximum atomic E-state index is 12.2. The summed E-state index contributed by atoms with van der Waals surface area (Å²) in [4.78, 5) is 28.4. The minimum Gasteiger partial charge on any atom is -0.444 e. The number of carbonyl (C=O) groups is 2. The highest BCUT2D eigenvalue weighted by Gasteiger charge is 2.07. The Hall–Kier alpha value is -3.38. The Morgan fingerprint density at radius 2 is 1.67 bits per heavy atom. The number of ether oxygens (including phenoxy) is 1. The van der Waals surface area contributed by atoms with Crippen molar-refractivity contribution < 1.29 is 14.3 Å². The Balaban J connectivity index is 1.45. The molecular weight excluding hydrogens is 402 g/mol. The average Bonchev–Trinajstić information content (AvgIpc) is 2.78. The predicted molar refractivity (Wildman–Crippen MR) is 116 cm³/mol. The maximum Gasteiger partial charge on any atom is 0.411 e. The van der Waals surface area contributed by atoms with E-state index in [0.717, 1.165) is 23.2 Å². The molecule has 154 valence electrons. The van der Waals surface area contributed by atoms with Crippen LogP contribution in [0.2, 0.25) is 5.02 Å². The number of benzene rings is 2. The van der Waals surface area contributed by atoms with Crippen molar-refractivity contribution in [3.63, 3.8) is 0 Å². The molecule has 30 heavy (non-hydrogen) atoms. The summed E-state index contributed by atoms with van der Waals surface area (Å²) >= 11 is 5.83. The third-order valence-electron chi connectivity index (χ3n) is 4.39. The second-order valence-corrected chi connectivity index (χ2v) is 7.04. The van der Waals surface area contributed by atoms with Gasteiger partial charge in [0.25, 0.3) is 5.91 Å². The molecule has 1 aromatic heterocycles. The Morgan fingerprint density at radius 1 is 0.967 bits per heavy atom. The van der Waals surface area contributed by atoms with Crippen LogP contribution in [0.1, 0.15) is 34.1 Å². The lowest BCUT2D eigenvalue weighted by atomic mass is 10.2. The Morgan fingerprint density at radius 3 is 2.30 bits per heavy atom. The van der Waals surface area contributed by atoms with E-state index in [1.54, 1.807) is 48.7 Å². The molecule has 2 N–H and O–H groups in total. The van der Waals surface area contributed by atoms with Gasteiger partial charge in [0.15, 0.2) is 0 Å². The molecule has 0 atom stereocenters. The third kappa shape index (κ3) is 6.32. The van der Waals surface area contributed by atoms with Crippen LogP contribution in [0.3, 0.4) is 0 Å². The number of rotatable bonds is 7. The Kier molecular flexibility index (Phi) is 7.40. The first-order valence-corrected chi connectivity index (χ1v) is 9.91. The normalized spacial score (nSPS) is 10.3. The van der Waals surface area contributed by atoms with Gasteiger partial charge in [-0.25, -0.2) is 4.79 Å². The van der Waals surface area contributed by atoms with E-state index in [2.05, 4.69) is 15.6 Å². The fourth-order valence-electron chi connectivity index (χ4n) is 2.64. The number of carbonyl (C=O) groups excluding carboxylic acids is 2. The van der Waals surface area contributed by atoms with Crippen molar-refractivity contribution in [2.24, 2.45) is 0 Å². The van der Waals surface area contributed by atoms with Crippen molar-refractivity contribution in [1.29, 1.82) is 0 Å². The first kappa shape index (κ1) is 21.3. The number of nitrogens with one attached hydrogen (secondary N) is 2. The summed E-state index contributed by atoms with van der Waals surface area (Å²) in [7, 11) is 0. The maximum absolute atomic E-state index is 12.2. The zero-order valence-corrected chi connectivity index (χ0v) is 17.3. The smallest absolute Gasteiger partial charge is 0.411 e. The van der Waals surface area contributed by atoms with Crippen LogP contribution in [0.5, 0.6) is 0 Å². The number of hydrogen-bond donors (Lipinski definition) is 2. The van der Waals surface area contributed by atoms with Crippen LogP contribution in [0.15, 0.2) is 66.9 Å². The summed E-state index contributed by atoms with van der Waals surface area (Å²) in [6, 6.07) is 17.9. The minimum atomic E-state index is -0.547. The highest BCUT2D eigenvalue weighted by molar-refractivity contribution is 6.30. The largest absolute Gasteiger partial charge is 0.444 e. The summed E-state index contributed by atoms with van der Waals surface area (Å²) in [6.45, 7) is 2.54. The van der Waals surface area contributed by atoms with Crippen LogP contribution < -0.4 is 10.6 Å². The highest BCUT2D eigenvalue weighted by atomic mass is 35.5. The van der Waals surface area contributed by atoms with Crippen molar-refractivity contribution in [1.82, 2.24) is 10.3 Å². The molecule has 2 aromatic carbocycles. The lowest BCUT2D eigenvalue weighted by Gasteiger charge is -2.09. The van der Waals surface area contributed by atoms with Crippen molar-refractivity contribution in [3.05, 3.63) is 94.3 Å². The molecule has 0 aliphatic rings. The first-order chi connectivity index (χ1) is 14.5. The van der Waals surface area contributed by atoms with E-state index in [-0.39, 0.29) is 12.5 Å². The van der Waals surface area contributed by atoms with Gasteiger partial charge in [0.05, 0.1) is 5.56 Å². The van der Waals surface area contributed by atoms with Crippen LogP contribution in [-0.4, -0.2) is 17.0 Å². The number of pyridine rings is 1. The molecule has 0 saturated heterocycles. The zero-order chi connectivity index (χ0) is 21.3. The highest BCUT2D eigenvalue weighted by Crippen LogP contribution is 2.13. The number of halogens is 1. The molecule has 0 unspecified atom stereocenters. The quantitative estimate of drug-likeness (QED) is 0.561. The van der Waals surface area contributed by atoms with Crippen molar-refractivity contribution in [3.8, 4) is 0 Å². The molecule has 6 nitrogen and oxygen atoms in total. The van der Waals surface area contributed by atoms with Crippen molar-refractivity contribution in [2.75, 3.05) is 5.32 Å². The summed E-state index contributed by atoms with van der Waals surface area (Å²) in [5.41, 5.74) is 3.82. The van der Waals surface area contributed by atoms with Gasteiger partial charge in [-0.1, -0.05) is 42.8 Å². The summed E-state index contributed by atoms with van der Waals surface area (Å²) in [5, 5.41) is 6.15. The van der Waals surface area contributed by atoms with Gasteiger partial charge >= 0.3 is 6.09 Å². The summed E-state index contributed by atoms with van der Waals surface area (Å²) < 4.78 is 5.19. The summed E-state index contributed by atoms with van der Waals surface area (Å²) in [5.74, 6) is -0.182. The Bertz CT molecular complexity index is 988. The summed E-state index contributed by atoms with van der Waals surface area (Å²) in [6.07, 6.45) is 1.86. The molecule has 1 heterocycles. The van der Waals surface area contributed by atoms with Gasteiger partial charge in [-0.05, 0) is 53.9 Å². The van der Waals surface area contributed by atoms with Gasteiger partial charge in [-0.2, -0.15) is 0 Å². The average molecular weight is 424 g/mol. The second kappa shape index (κ2) is 10.4. The topological polar surface area (TPSA) is 80.3 Å². The molecule has 3 aromatic rings. The zero-order valence-electron chi connectivity index (χ0n) is 16.5. The predicted octanol–water partition coefficient (Wildman–Crippen LogP) is 4.98. The fourth-order valence-corrected chi connectivity index (χ4v) is 2.77. The van der Waals surface area contributed by atoms with Crippen molar-refractivity contribution >= 4 is 29.3 Å². The molecule has 2 amide bonds. The van der Waals surface area contributed by atoms with Gasteiger partial charge in [-0.15, -0.1) is 0 Å².